The molecular weight excluding hydrogens is 425 g/mol. The first-order chi connectivity index (χ1) is 15.1. The van der Waals surface area contributed by atoms with Crippen LogP contribution in [0.25, 0.3) is 0 Å². The van der Waals surface area contributed by atoms with Crippen molar-refractivity contribution < 1.29 is 23.4 Å². The van der Waals surface area contributed by atoms with Crippen LogP contribution in [0.3, 0.4) is 0 Å². The molecule has 0 heterocycles. The van der Waals surface area contributed by atoms with Crippen LogP contribution in [0.2, 0.25) is 0 Å². The monoisotopic (exact) mass is 467 g/mol. The summed E-state index contributed by atoms with van der Waals surface area (Å²) in [6.07, 6.45) is 7.74. The highest BCUT2D eigenvalue weighted by molar-refractivity contribution is 7.59. The van der Waals surface area contributed by atoms with Crippen molar-refractivity contribution in [3.8, 4) is 5.75 Å². The number of carbonyl (C=O) groups is 1. The molecular formula is C25H42NO5P. The van der Waals surface area contributed by atoms with Crippen LogP contribution in [0.5, 0.6) is 5.75 Å². The Balaban J connectivity index is 1.89. The summed E-state index contributed by atoms with van der Waals surface area (Å²) in [5, 5.41) is 2.86. The van der Waals surface area contributed by atoms with E-state index < -0.39 is 19.1 Å². The molecule has 2 rings (SSSR count). The first-order valence-corrected chi connectivity index (χ1v) is 13.9. The Bertz CT molecular complexity index is 738. The molecule has 1 aromatic carbocycles. The van der Waals surface area contributed by atoms with Gasteiger partial charge in [0.1, 0.15) is 11.4 Å². The Morgan fingerprint density at radius 3 is 2.41 bits per heavy atom. The van der Waals surface area contributed by atoms with E-state index in [1.807, 2.05) is 52.0 Å². The Morgan fingerprint density at radius 1 is 1.16 bits per heavy atom. The number of alkyl carbamates (subject to hydrolysis) is 1. The third kappa shape index (κ3) is 9.54. The summed E-state index contributed by atoms with van der Waals surface area (Å²) in [6.45, 7) is 10.1. The molecule has 0 spiro atoms. The van der Waals surface area contributed by atoms with E-state index in [-0.39, 0.29) is 18.0 Å². The number of unbranched alkanes of at least 4 members (excludes halogenated alkanes) is 1. The average Bonchev–Trinajstić information content (AvgIpc) is 2.72. The van der Waals surface area contributed by atoms with Crippen LogP contribution < -0.4 is 10.1 Å². The fraction of sp³-hybridized carbons (Fsp3) is 0.720. The molecule has 7 heteroatoms. The molecule has 1 fully saturated rings. The smallest absolute Gasteiger partial charge is 0.407 e. The van der Waals surface area contributed by atoms with E-state index in [9.17, 15) is 9.36 Å². The summed E-state index contributed by atoms with van der Waals surface area (Å²) < 4.78 is 30.9. The number of amides is 1. The van der Waals surface area contributed by atoms with Crippen LogP contribution in [0.1, 0.15) is 85.1 Å². The van der Waals surface area contributed by atoms with Gasteiger partial charge in [-0.25, -0.2) is 4.79 Å². The molecule has 1 amide bonds. The molecule has 1 aliphatic rings. The van der Waals surface area contributed by atoms with Gasteiger partial charge in [-0.1, -0.05) is 44.7 Å². The molecule has 1 aliphatic carbocycles. The molecule has 0 bridgehead atoms. The van der Waals surface area contributed by atoms with Crippen LogP contribution in [0.15, 0.2) is 24.3 Å². The summed E-state index contributed by atoms with van der Waals surface area (Å²) in [5.41, 5.74) is 0.683. The SMILES string of the molecule is CCCCO[P@@](=O)(COc1ccc(CC(C)NC(=O)OC(C)(C)C)cc1)C1CCCCC1. The maximum Gasteiger partial charge on any atom is 0.407 e. The predicted molar refractivity (Wildman–Crippen MR) is 130 cm³/mol. The van der Waals surface area contributed by atoms with Crippen LogP contribution >= 0.6 is 7.37 Å². The fourth-order valence-electron chi connectivity index (χ4n) is 3.89. The molecule has 1 aromatic rings. The van der Waals surface area contributed by atoms with Gasteiger partial charge in [0.15, 0.2) is 6.35 Å². The predicted octanol–water partition coefficient (Wildman–Crippen LogP) is 6.91. The third-order valence-corrected chi connectivity index (χ3v) is 8.32. The molecule has 0 saturated heterocycles. The number of nitrogens with one attached hydrogen (secondary N) is 1. The lowest BCUT2D eigenvalue weighted by Gasteiger charge is -2.30. The molecule has 2 atom stereocenters. The average molecular weight is 468 g/mol. The minimum absolute atomic E-state index is 0.0601. The number of benzene rings is 1. The van der Waals surface area contributed by atoms with Crippen molar-refractivity contribution in [3.05, 3.63) is 29.8 Å². The summed E-state index contributed by atoms with van der Waals surface area (Å²) in [7, 11) is -2.84. The number of hydrogen-bond donors (Lipinski definition) is 1. The second kappa shape index (κ2) is 12.6. The van der Waals surface area contributed by atoms with Gasteiger partial charge in [0.05, 0.1) is 6.61 Å². The van der Waals surface area contributed by atoms with Gasteiger partial charge in [0.2, 0.25) is 7.37 Å². The van der Waals surface area contributed by atoms with Crippen molar-refractivity contribution in [3.63, 3.8) is 0 Å². The largest absolute Gasteiger partial charge is 0.484 e. The molecule has 182 valence electrons. The van der Waals surface area contributed by atoms with E-state index in [1.54, 1.807) is 0 Å². The van der Waals surface area contributed by atoms with E-state index in [0.717, 1.165) is 44.1 Å². The Kier molecular flexibility index (Phi) is 10.6. The van der Waals surface area contributed by atoms with Crippen LogP contribution in [0, 0.1) is 0 Å². The minimum atomic E-state index is -2.84. The first-order valence-electron chi connectivity index (χ1n) is 12.1. The fourth-order valence-corrected chi connectivity index (χ4v) is 6.30. The molecule has 1 N–H and O–H groups in total. The first kappa shape index (κ1) is 26.7. The summed E-state index contributed by atoms with van der Waals surface area (Å²) in [5.74, 6) is 0.691. The standard InChI is InChI=1S/C25H42NO5P/c1-6-7-17-30-32(28,23-11-9-8-10-12-23)19-29-22-15-13-21(14-16-22)18-20(2)26-24(27)31-25(3,4)5/h13-16,20,23H,6-12,17-19H2,1-5H3,(H,26,27)/t20?,32-/m0/s1. The zero-order valence-electron chi connectivity index (χ0n) is 20.5. The Morgan fingerprint density at radius 2 is 1.81 bits per heavy atom. The number of hydrogen-bond acceptors (Lipinski definition) is 5. The van der Waals surface area contributed by atoms with Gasteiger partial charge < -0.3 is 19.3 Å². The summed E-state index contributed by atoms with van der Waals surface area (Å²) in [6, 6.07) is 7.69. The summed E-state index contributed by atoms with van der Waals surface area (Å²) >= 11 is 0. The van der Waals surface area contributed by atoms with E-state index in [0.29, 0.717) is 18.8 Å². The lowest BCUT2D eigenvalue weighted by Crippen LogP contribution is -2.38. The maximum absolute atomic E-state index is 13.6. The van der Waals surface area contributed by atoms with Crippen LogP contribution in [0.4, 0.5) is 4.79 Å². The van der Waals surface area contributed by atoms with Gasteiger partial charge in [-0.2, -0.15) is 0 Å². The molecule has 0 aromatic heterocycles. The normalized spacial score (nSPS) is 17.9. The number of ether oxygens (including phenoxy) is 2. The second-order valence-electron chi connectivity index (χ2n) is 9.87. The number of carbonyl (C=O) groups excluding carboxylic acids is 1. The lowest BCUT2D eigenvalue weighted by atomic mass is 10.0. The second-order valence-corrected chi connectivity index (χ2v) is 12.6. The molecule has 6 nitrogen and oxygen atoms in total. The van der Waals surface area contributed by atoms with Gasteiger partial charge in [0.25, 0.3) is 0 Å². The molecule has 0 aliphatic heterocycles. The third-order valence-electron chi connectivity index (χ3n) is 5.58. The van der Waals surface area contributed by atoms with E-state index in [2.05, 4.69) is 12.2 Å². The highest BCUT2D eigenvalue weighted by atomic mass is 31.2. The van der Waals surface area contributed by atoms with Gasteiger partial charge >= 0.3 is 6.09 Å². The van der Waals surface area contributed by atoms with E-state index >= 15 is 0 Å². The van der Waals surface area contributed by atoms with Crippen LogP contribution in [-0.2, 0) is 20.2 Å². The highest BCUT2D eigenvalue weighted by Crippen LogP contribution is 2.56. The van der Waals surface area contributed by atoms with Crippen molar-refractivity contribution in [2.75, 3.05) is 13.0 Å². The molecule has 0 radical (unpaired) electrons. The molecule has 1 unspecified atom stereocenters. The molecule has 32 heavy (non-hydrogen) atoms. The highest BCUT2D eigenvalue weighted by Gasteiger charge is 2.36. The zero-order valence-corrected chi connectivity index (χ0v) is 21.4. The van der Waals surface area contributed by atoms with Gasteiger partial charge in [-0.05, 0) is 71.1 Å². The van der Waals surface area contributed by atoms with Crippen molar-refractivity contribution in [2.24, 2.45) is 0 Å². The van der Waals surface area contributed by atoms with Gasteiger partial charge in [0, 0.05) is 11.7 Å². The quantitative estimate of drug-likeness (QED) is 0.283. The Hall–Kier alpha value is -1.52. The zero-order chi connectivity index (χ0) is 23.6. The van der Waals surface area contributed by atoms with E-state index in [1.165, 1.54) is 6.42 Å². The van der Waals surface area contributed by atoms with Crippen LogP contribution in [-0.4, -0.2) is 36.3 Å². The van der Waals surface area contributed by atoms with Crippen molar-refractivity contribution in [2.45, 2.75) is 103 Å². The minimum Gasteiger partial charge on any atom is -0.484 e. The summed E-state index contributed by atoms with van der Waals surface area (Å²) in [4.78, 5) is 11.9. The topological polar surface area (TPSA) is 73.9 Å². The van der Waals surface area contributed by atoms with Crippen molar-refractivity contribution >= 4 is 13.5 Å². The lowest BCUT2D eigenvalue weighted by molar-refractivity contribution is 0.0508. The van der Waals surface area contributed by atoms with Gasteiger partial charge in [-0.3, -0.25) is 4.57 Å². The van der Waals surface area contributed by atoms with Crippen molar-refractivity contribution in [1.29, 1.82) is 0 Å². The van der Waals surface area contributed by atoms with E-state index in [4.69, 9.17) is 14.0 Å². The number of rotatable bonds is 11. The Labute approximate surface area is 194 Å². The molecule has 1 saturated carbocycles. The maximum atomic E-state index is 13.6. The van der Waals surface area contributed by atoms with Gasteiger partial charge in [-0.15, -0.1) is 0 Å². The van der Waals surface area contributed by atoms with Crippen molar-refractivity contribution in [1.82, 2.24) is 5.32 Å².